The number of hydrogen-bond donors (Lipinski definition) is 2. The number of Topliss-reactive ketones (excluding diaryl/α,β-unsaturated/α-hetero) is 1. The van der Waals surface area contributed by atoms with Gasteiger partial charge in [0.25, 0.3) is 0 Å². The first kappa shape index (κ1) is 19.9. The van der Waals surface area contributed by atoms with Crippen LogP contribution in [-0.4, -0.2) is 20.7 Å². The Labute approximate surface area is 165 Å². The number of nitrogen functional groups attached to an aromatic ring is 1. The summed E-state index contributed by atoms with van der Waals surface area (Å²) in [6.07, 6.45) is 1.81. The van der Waals surface area contributed by atoms with Gasteiger partial charge in [-0.25, -0.2) is 0 Å². The van der Waals surface area contributed by atoms with E-state index in [-0.39, 0.29) is 28.9 Å². The van der Waals surface area contributed by atoms with E-state index in [0.717, 1.165) is 16.8 Å². The molecule has 0 aliphatic rings. The van der Waals surface area contributed by atoms with E-state index >= 15 is 0 Å². The minimum Gasteiger partial charge on any atom is -0.507 e. The van der Waals surface area contributed by atoms with Gasteiger partial charge in [0.2, 0.25) is 5.65 Å². The highest BCUT2D eigenvalue weighted by molar-refractivity contribution is 5.97. The van der Waals surface area contributed by atoms with Gasteiger partial charge in [-0.2, -0.15) is 4.40 Å². The quantitative estimate of drug-likeness (QED) is 0.538. The molecule has 0 radical (unpaired) electrons. The van der Waals surface area contributed by atoms with Gasteiger partial charge >= 0.3 is 5.95 Å². The third-order valence-electron chi connectivity index (χ3n) is 4.91. The second kappa shape index (κ2) is 6.62. The van der Waals surface area contributed by atoms with Crippen LogP contribution in [0.15, 0.2) is 36.5 Å². The largest absolute Gasteiger partial charge is 0.507 e. The van der Waals surface area contributed by atoms with Crippen molar-refractivity contribution in [3.8, 4) is 5.75 Å². The van der Waals surface area contributed by atoms with E-state index in [0.29, 0.717) is 11.5 Å². The molecule has 0 bridgehead atoms. The van der Waals surface area contributed by atoms with Crippen LogP contribution < -0.4 is 10.1 Å². The topological polar surface area (TPSA) is 85.2 Å². The fraction of sp³-hybridized carbons (Fsp3) is 0.409. The number of carbonyl (C=O) groups is 1. The molecule has 0 atom stereocenters. The number of aromatic hydroxyl groups is 1. The smallest absolute Gasteiger partial charge is 0.380 e. The van der Waals surface area contributed by atoms with E-state index in [2.05, 4.69) is 5.10 Å². The molecule has 3 N–H and O–H groups in total. The van der Waals surface area contributed by atoms with Crippen LogP contribution in [-0.2, 0) is 17.4 Å². The number of benzene rings is 1. The molecule has 0 aliphatic carbocycles. The first-order chi connectivity index (χ1) is 12.9. The molecule has 0 fully saturated rings. The molecule has 2 aromatic heterocycles. The maximum Gasteiger partial charge on any atom is 0.380 e. The van der Waals surface area contributed by atoms with Crippen molar-refractivity contribution >= 4 is 17.4 Å². The molecule has 3 rings (SSSR count). The lowest BCUT2D eigenvalue weighted by Gasteiger charge is -2.28. The predicted molar refractivity (Wildman–Crippen MR) is 110 cm³/mol. The molecule has 1 aromatic carbocycles. The average molecular weight is 382 g/mol. The maximum atomic E-state index is 13.1. The fourth-order valence-electron chi connectivity index (χ4n) is 3.34. The summed E-state index contributed by atoms with van der Waals surface area (Å²) in [4.78, 5) is 13.1. The molecule has 2 heterocycles. The minimum absolute atomic E-state index is 0.0721. The Bertz CT molecular complexity index is 1020. The molecule has 0 spiro atoms. The third-order valence-corrected chi connectivity index (χ3v) is 4.91. The van der Waals surface area contributed by atoms with E-state index in [4.69, 9.17) is 5.73 Å². The fourth-order valence-corrected chi connectivity index (χ4v) is 3.34. The normalized spacial score (nSPS) is 12.5. The van der Waals surface area contributed by atoms with Gasteiger partial charge < -0.3 is 10.8 Å². The van der Waals surface area contributed by atoms with Crippen molar-refractivity contribution in [3.05, 3.63) is 53.2 Å². The highest BCUT2D eigenvalue weighted by Crippen LogP contribution is 2.39. The first-order valence-corrected chi connectivity index (χ1v) is 9.43. The van der Waals surface area contributed by atoms with Gasteiger partial charge in [0.15, 0.2) is 12.3 Å². The lowest BCUT2D eigenvalue weighted by molar-refractivity contribution is -0.496. The summed E-state index contributed by atoms with van der Waals surface area (Å²) in [7, 11) is 0. The number of anilines is 1. The maximum absolute atomic E-state index is 13.1. The van der Waals surface area contributed by atoms with Gasteiger partial charge in [-0.05, 0) is 29.0 Å². The van der Waals surface area contributed by atoms with E-state index in [9.17, 15) is 9.90 Å². The number of carbonyl (C=O) groups excluding carboxylic acids is 1. The van der Waals surface area contributed by atoms with E-state index in [1.54, 1.807) is 21.2 Å². The molecular weight excluding hydrogens is 352 g/mol. The molecule has 28 heavy (non-hydrogen) atoms. The third kappa shape index (κ3) is 3.59. The minimum atomic E-state index is -0.293. The van der Waals surface area contributed by atoms with E-state index in [1.807, 2.05) is 65.9 Å². The van der Waals surface area contributed by atoms with Gasteiger partial charge in [-0.1, -0.05) is 47.6 Å². The standard InChI is InChI=1S/C22H28N4O2/c1-21(2,3)15-11-14(12-16(19(15)28)22(4,5)6)17(27)13-26-18-9-7-8-10-25(18)20(23)24-26/h7-12H,13H2,1-6H3,(H2-,23,24,27,28)/p+1. The molecule has 6 nitrogen and oxygen atoms in total. The van der Waals surface area contributed by atoms with Crippen LogP contribution in [0.3, 0.4) is 0 Å². The highest BCUT2D eigenvalue weighted by Gasteiger charge is 2.28. The number of fused-ring (bicyclic) bond motifs is 1. The number of hydrogen-bond acceptors (Lipinski definition) is 4. The van der Waals surface area contributed by atoms with Crippen molar-refractivity contribution in [2.24, 2.45) is 0 Å². The number of aromatic nitrogens is 3. The van der Waals surface area contributed by atoms with Crippen LogP contribution in [0.2, 0.25) is 0 Å². The number of ketones is 1. The van der Waals surface area contributed by atoms with Crippen LogP contribution in [0.4, 0.5) is 5.95 Å². The Hall–Kier alpha value is -2.89. The summed E-state index contributed by atoms with van der Waals surface area (Å²) in [5.41, 5.74) is 8.22. The van der Waals surface area contributed by atoms with Crippen molar-refractivity contribution in [2.45, 2.75) is 58.9 Å². The summed E-state index contributed by atoms with van der Waals surface area (Å²) in [5.74, 6) is 0.519. The zero-order chi connectivity index (χ0) is 20.9. The second-order valence-electron chi connectivity index (χ2n) is 9.29. The molecule has 0 amide bonds. The van der Waals surface area contributed by atoms with Crippen molar-refractivity contribution in [3.63, 3.8) is 0 Å². The summed E-state index contributed by atoms with van der Waals surface area (Å²) >= 11 is 0. The van der Waals surface area contributed by atoms with Crippen molar-refractivity contribution in [1.29, 1.82) is 0 Å². The summed E-state index contributed by atoms with van der Waals surface area (Å²) in [5, 5.41) is 15.2. The lowest BCUT2D eigenvalue weighted by Crippen LogP contribution is -2.23. The zero-order valence-electron chi connectivity index (χ0n) is 17.4. The van der Waals surface area contributed by atoms with E-state index < -0.39 is 0 Å². The number of nitrogens with two attached hydrogens (primary N) is 1. The number of phenolic OH excluding ortho intramolecular Hbond substituents is 1. The van der Waals surface area contributed by atoms with Crippen molar-refractivity contribution < 1.29 is 14.3 Å². The molecule has 3 aromatic rings. The van der Waals surface area contributed by atoms with E-state index in [1.165, 1.54) is 0 Å². The molecule has 0 aliphatic heterocycles. The van der Waals surface area contributed by atoms with Crippen LogP contribution in [0.5, 0.6) is 5.75 Å². The predicted octanol–water partition coefficient (Wildman–Crippen LogP) is 3.39. The Morgan fingerprint density at radius 1 is 1.11 bits per heavy atom. The molecule has 0 saturated carbocycles. The second-order valence-corrected chi connectivity index (χ2v) is 9.29. The van der Waals surface area contributed by atoms with Crippen molar-refractivity contribution in [1.82, 2.24) is 9.78 Å². The molecule has 6 heteroatoms. The van der Waals surface area contributed by atoms with Gasteiger partial charge in [-0.15, -0.1) is 4.68 Å². The summed E-state index contributed by atoms with van der Waals surface area (Å²) < 4.78 is 3.35. The van der Waals surface area contributed by atoms with Gasteiger partial charge in [0.05, 0.1) is 6.20 Å². The monoisotopic (exact) mass is 381 g/mol. The number of rotatable bonds is 3. The Morgan fingerprint density at radius 3 is 2.21 bits per heavy atom. The summed E-state index contributed by atoms with van der Waals surface area (Å²) in [6.45, 7) is 12.2. The van der Waals surface area contributed by atoms with Gasteiger partial charge in [0.1, 0.15) is 5.75 Å². The highest BCUT2D eigenvalue weighted by atomic mass is 16.3. The van der Waals surface area contributed by atoms with Crippen LogP contribution in [0.1, 0.15) is 63.0 Å². The molecule has 0 unspecified atom stereocenters. The van der Waals surface area contributed by atoms with Crippen molar-refractivity contribution in [2.75, 3.05) is 5.73 Å². The Morgan fingerprint density at radius 2 is 1.68 bits per heavy atom. The number of pyridine rings is 1. The zero-order valence-corrected chi connectivity index (χ0v) is 17.4. The van der Waals surface area contributed by atoms with Gasteiger partial charge in [0, 0.05) is 27.9 Å². The average Bonchev–Trinajstić information content (AvgIpc) is 2.89. The summed E-state index contributed by atoms with van der Waals surface area (Å²) in [6, 6.07) is 9.22. The molecular formula is C22H29N4O2+. The Balaban J connectivity index is 2.08. The molecule has 0 saturated heterocycles. The van der Waals surface area contributed by atoms with Crippen LogP contribution in [0.25, 0.3) is 5.65 Å². The first-order valence-electron chi connectivity index (χ1n) is 9.43. The number of phenols is 1. The van der Waals surface area contributed by atoms with Crippen LogP contribution in [0, 0.1) is 0 Å². The van der Waals surface area contributed by atoms with Gasteiger partial charge in [-0.3, -0.25) is 4.79 Å². The Kier molecular flexibility index (Phi) is 4.69. The number of nitrogens with zero attached hydrogens (tertiary/aromatic N) is 3. The van der Waals surface area contributed by atoms with Crippen LogP contribution >= 0.6 is 0 Å². The lowest BCUT2D eigenvalue weighted by atomic mass is 9.78. The SMILES string of the molecule is CC(C)(C)c1cc(C(=O)Cn2nc(N)[n+]3ccccc23)cc(C(C)(C)C)c1O. The molecule has 148 valence electrons.